The highest BCUT2D eigenvalue weighted by atomic mass is 16.5. The summed E-state index contributed by atoms with van der Waals surface area (Å²) in [6, 6.07) is 7.60. The van der Waals surface area contributed by atoms with Gasteiger partial charge in [-0.15, -0.1) is 0 Å². The molecule has 0 aliphatic rings. The molecule has 1 rings (SSSR count). The van der Waals surface area contributed by atoms with Gasteiger partial charge in [-0.3, -0.25) is 4.79 Å². The summed E-state index contributed by atoms with van der Waals surface area (Å²) in [5, 5.41) is 3.04. The number of hydrogen-bond donors (Lipinski definition) is 1. The minimum Gasteiger partial charge on any atom is -0.496 e. The van der Waals surface area contributed by atoms with Crippen LogP contribution in [0.25, 0.3) is 6.08 Å². The molecule has 86 valence electrons. The normalized spacial score (nSPS) is 11.1. The summed E-state index contributed by atoms with van der Waals surface area (Å²) >= 11 is 0. The van der Waals surface area contributed by atoms with Gasteiger partial charge >= 0.3 is 0 Å². The lowest BCUT2D eigenvalue weighted by Crippen LogP contribution is -2.17. The SMILES string of the molecule is CCN/C(=C\c1ccccc1OC)C(C)=O. The van der Waals surface area contributed by atoms with Crippen molar-refractivity contribution in [3.05, 3.63) is 35.5 Å². The topological polar surface area (TPSA) is 38.3 Å². The summed E-state index contributed by atoms with van der Waals surface area (Å²) in [7, 11) is 1.62. The summed E-state index contributed by atoms with van der Waals surface area (Å²) in [4.78, 5) is 11.4. The lowest BCUT2D eigenvalue weighted by molar-refractivity contribution is -0.113. The fourth-order valence-electron chi connectivity index (χ4n) is 1.41. The molecule has 0 saturated heterocycles. The van der Waals surface area contributed by atoms with Crippen molar-refractivity contribution >= 4 is 11.9 Å². The number of carbonyl (C=O) groups is 1. The molecule has 0 aromatic heterocycles. The standard InChI is InChI=1S/C13H17NO2/c1-4-14-12(10(2)15)9-11-7-5-6-8-13(11)16-3/h5-9,14H,4H2,1-3H3/b12-9-. The van der Waals surface area contributed by atoms with E-state index in [1.807, 2.05) is 37.3 Å². The van der Waals surface area contributed by atoms with E-state index < -0.39 is 0 Å². The fraction of sp³-hybridized carbons (Fsp3) is 0.308. The van der Waals surface area contributed by atoms with Crippen molar-refractivity contribution in [3.8, 4) is 5.75 Å². The predicted molar refractivity (Wildman–Crippen MR) is 65.3 cm³/mol. The first kappa shape index (κ1) is 12.3. The number of nitrogens with one attached hydrogen (secondary N) is 1. The highest BCUT2D eigenvalue weighted by Gasteiger charge is 2.04. The molecule has 0 fully saturated rings. The van der Waals surface area contributed by atoms with Gasteiger partial charge in [-0.1, -0.05) is 18.2 Å². The van der Waals surface area contributed by atoms with Gasteiger partial charge in [0, 0.05) is 19.0 Å². The first-order valence-electron chi connectivity index (χ1n) is 5.28. The Morgan fingerprint density at radius 3 is 2.69 bits per heavy atom. The molecule has 0 radical (unpaired) electrons. The molecule has 0 heterocycles. The quantitative estimate of drug-likeness (QED) is 0.772. The van der Waals surface area contributed by atoms with Crippen LogP contribution in [0.15, 0.2) is 30.0 Å². The van der Waals surface area contributed by atoms with Gasteiger partial charge in [0.25, 0.3) is 0 Å². The summed E-state index contributed by atoms with van der Waals surface area (Å²) < 4.78 is 5.22. The van der Waals surface area contributed by atoms with Crippen LogP contribution in [0.1, 0.15) is 19.4 Å². The van der Waals surface area contributed by atoms with E-state index in [1.165, 1.54) is 0 Å². The maximum absolute atomic E-state index is 11.4. The van der Waals surface area contributed by atoms with Gasteiger partial charge in [0.1, 0.15) is 5.75 Å². The molecule has 0 aliphatic carbocycles. The molecule has 1 aromatic carbocycles. The van der Waals surface area contributed by atoms with Crippen LogP contribution in [0.5, 0.6) is 5.75 Å². The zero-order valence-electron chi connectivity index (χ0n) is 9.91. The zero-order chi connectivity index (χ0) is 12.0. The third-order valence-electron chi connectivity index (χ3n) is 2.19. The second kappa shape index (κ2) is 5.95. The lowest BCUT2D eigenvalue weighted by Gasteiger charge is -2.08. The van der Waals surface area contributed by atoms with E-state index in [0.717, 1.165) is 17.9 Å². The van der Waals surface area contributed by atoms with Crippen LogP contribution in [-0.4, -0.2) is 19.4 Å². The van der Waals surface area contributed by atoms with Gasteiger partial charge in [0.05, 0.1) is 12.8 Å². The highest BCUT2D eigenvalue weighted by molar-refractivity contribution is 5.97. The number of Topliss-reactive ketones (excluding diaryl/α,β-unsaturated/α-hetero) is 1. The Morgan fingerprint density at radius 1 is 1.44 bits per heavy atom. The first-order valence-corrected chi connectivity index (χ1v) is 5.28. The Kier molecular flexibility index (Phi) is 4.58. The molecular formula is C13H17NO2. The van der Waals surface area contributed by atoms with E-state index in [1.54, 1.807) is 14.0 Å². The largest absolute Gasteiger partial charge is 0.496 e. The van der Waals surface area contributed by atoms with Crippen LogP contribution in [0.4, 0.5) is 0 Å². The van der Waals surface area contributed by atoms with E-state index in [2.05, 4.69) is 5.32 Å². The molecule has 0 saturated carbocycles. The second-order valence-corrected chi connectivity index (χ2v) is 3.39. The average molecular weight is 219 g/mol. The molecule has 0 amide bonds. The van der Waals surface area contributed by atoms with Crippen molar-refractivity contribution < 1.29 is 9.53 Å². The van der Waals surface area contributed by atoms with Crippen molar-refractivity contribution in [1.29, 1.82) is 0 Å². The molecule has 0 bridgehead atoms. The van der Waals surface area contributed by atoms with Crippen LogP contribution in [0.2, 0.25) is 0 Å². The molecule has 1 aromatic rings. The van der Waals surface area contributed by atoms with Gasteiger partial charge < -0.3 is 10.1 Å². The third-order valence-corrected chi connectivity index (χ3v) is 2.19. The van der Waals surface area contributed by atoms with Gasteiger partial charge in [-0.2, -0.15) is 0 Å². The molecule has 0 atom stereocenters. The summed E-state index contributed by atoms with van der Waals surface area (Å²) in [5.74, 6) is 0.784. The predicted octanol–water partition coefficient (Wildman–Crippen LogP) is 2.23. The number of carbonyl (C=O) groups excluding carboxylic acids is 1. The molecular weight excluding hydrogens is 202 g/mol. The first-order chi connectivity index (χ1) is 7.69. The highest BCUT2D eigenvalue weighted by Crippen LogP contribution is 2.19. The number of rotatable bonds is 5. The third kappa shape index (κ3) is 3.12. The van der Waals surface area contributed by atoms with Crippen molar-refractivity contribution in [1.82, 2.24) is 5.32 Å². The number of para-hydroxylation sites is 1. The molecule has 3 heteroatoms. The minimum atomic E-state index is 0.0211. The zero-order valence-corrected chi connectivity index (χ0v) is 9.91. The average Bonchev–Trinajstić information content (AvgIpc) is 2.29. The number of ether oxygens (including phenoxy) is 1. The van der Waals surface area contributed by atoms with Crippen LogP contribution in [0.3, 0.4) is 0 Å². The summed E-state index contributed by atoms with van der Waals surface area (Å²) in [6.45, 7) is 4.23. The maximum Gasteiger partial charge on any atom is 0.175 e. The Balaban J connectivity index is 3.06. The van der Waals surface area contributed by atoms with Crippen molar-refractivity contribution in [2.45, 2.75) is 13.8 Å². The molecule has 0 unspecified atom stereocenters. The smallest absolute Gasteiger partial charge is 0.175 e. The Labute approximate surface area is 96.1 Å². The van der Waals surface area contributed by atoms with E-state index in [0.29, 0.717) is 5.70 Å². The molecule has 0 aliphatic heterocycles. The number of hydrogen-bond acceptors (Lipinski definition) is 3. The number of allylic oxidation sites excluding steroid dienone is 1. The minimum absolute atomic E-state index is 0.0211. The number of methoxy groups -OCH3 is 1. The number of likely N-dealkylation sites (N-methyl/N-ethyl adjacent to an activating group) is 1. The van der Waals surface area contributed by atoms with Gasteiger partial charge in [-0.05, 0) is 19.1 Å². The number of benzene rings is 1. The molecule has 0 spiro atoms. The van der Waals surface area contributed by atoms with Crippen molar-refractivity contribution in [2.24, 2.45) is 0 Å². The van der Waals surface area contributed by atoms with E-state index in [-0.39, 0.29) is 5.78 Å². The summed E-state index contributed by atoms with van der Waals surface area (Å²) in [5.41, 5.74) is 1.50. The lowest BCUT2D eigenvalue weighted by atomic mass is 10.1. The maximum atomic E-state index is 11.4. The van der Waals surface area contributed by atoms with Crippen LogP contribution < -0.4 is 10.1 Å². The van der Waals surface area contributed by atoms with Crippen molar-refractivity contribution in [2.75, 3.05) is 13.7 Å². The monoisotopic (exact) mass is 219 g/mol. The van der Waals surface area contributed by atoms with E-state index >= 15 is 0 Å². The van der Waals surface area contributed by atoms with Crippen LogP contribution in [0, 0.1) is 0 Å². The van der Waals surface area contributed by atoms with Gasteiger partial charge in [0.2, 0.25) is 0 Å². The molecule has 3 nitrogen and oxygen atoms in total. The van der Waals surface area contributed by atoms with E-state index in [9.17, 15) is 4.79 Å². The second-order valence-electron chi connectivity index (χ2n) is 3.39. The van der Waals surface area contributed by atoms with E-state index in [4.69, 9.17) is 4.74 Å². The molecule has 16 heavy (non-hydrogen) atoms. The Morgan fingerprint density at radius 2 is 2.12 bits per heavy atom. The van der Waals surface area contributed by atoms with Gasteiger partial charge in [0.15, 0.2) is 5.78 Å². The van der Waals surface area contributed by atoms with Crippen LogP contribution >= 0.6 is 0 Å². The Bertz CT molecular complexity index is 397. The van der Waals surface area contributed by atoms with Crippen LogP contribution in [-0.2, 0) is 4.79 Å². The van der Waals surface area contributed by atoms with Crippen molar-refractivity contribution in [3.63, 3.8) is 0 Å². The summed E-state index contributed by atoms with van der Waals surface area (Å²) in [6.07, 6.45) is 1.81. The van der Waals surface area contributed by atoms with Gasteiger partial charge in [-0.25, -0.2) is 0 Å². The Hall–Kier alpha value is -1.77. The number of ketones is 1. The molecule has 1 N–H and O–H groups in total. The fourth-order valence-corrected chi connectivity index (χ4v) is 1.41.